The Labute approximate surface area is 177 Å². The summed E-state index contributed by atoms with van der Waals surface area (Å²) in [5.41, 5.74) is 3.55. The Hall–Kier alpha value is -3.57. The summed E-state index contributed by atoms with van der Waals surface area (Å²) < 4.78 is 0. The fraction of sp³-hybridized carbons (Fsp3) is 0.318. The molecule has 1 saturated heterocycles. The van der Waals surface area contributed by atoms with E-state index in [0.29, 0.717) is 28.4 Å². The van der Waals surface area contributed by atoms with Gasteiger partial charge in [-0.05, 0) is 30.8 Å². The number of hydrogen-bond acceptors (Lipinski definition) is 7. The molecule has 0 saturated carbocycles. The first-order valence-electron chi connectivity index (χ1n) is 9.97. The van der Waals surface area contributed by atoms with Gasteiger partial charge >= 0.3 is 0 Å². The molecule has 8 heteroatoms. The summed E-state index contributed by atoms with van der Waals surface area (Å²) in [6.07, 6.45) is 2.76. The molecule has 0 unspecified atom stereocenters. The number of benzene rings is 1. The van der Waals surface area contributed by atoms with E-state index in [1.807, 2.05) is 18.2 Å². The maximum absolute atomic E-state index is 12.0. The predicted molar refractivity (Wildman–Crippen MR) is 121 cm³/mol. The maximum Gasteiger partial charge on any atom is 0.247 e. The van der Waals surface area contributed by atoms with E-state index in [1.165, 1.54) is 12.3 Å². The largest absolute Gasteiger partial charge is 0.387 e. The van der Waals surface area contributed by atoms with Crippen LogP contribution in [0.4, 0.5) is 28.6 Å². The number of carbonyl (C=O) groups is 1. The van der Waals surface area contributed by atoms with E-state index in [0.717, 1.165) is 38.4 Å². The number of likely N-dealkylation sites (N-methyl/N-ethyl adjacent to an activating group) is 1. The molecule has 1 aliphatic heterocycles. The number of piperazine rings is 1. The number of nitrogens with zero attached hydrogens (tertiary/aromatic N) is 4. The molecule has 0 spiro atoms. The van der Waals surface area contributed by atoms with Crippen molar-refractivity contribution in [1.82, 2.24) is 9.88 Å². The molecular formula is C22H27N7O. The van der Waals surface area contributed by atoms with Crippen LogP contribution in [0.25, 0.3) is 0 Å². The second-order valence-corrected chi connectivity index (χ2v) is 6.95. The molecule has 2 heterocycles. The Morgan fingerprint density at radius 2 is 2.00 bits per heavy atom. The lowest BCUT2D eigenvalue weighted by Crippen LogP contribution is -2.46. The Kier molecular flexibility index (Phi) is 6.88. The van der Waals surface area contributed by atoms with Crippen LogP contribution in [-0.2, 0) is 4.79 Å². The standard InChI is InChI=1S/C22H27N7O/c1-4-22(30)27-20-12-17(29-10-8-28(5-2)9-11-29)6-7-18(20)26-21-13-19(24-3)16(14-23)15-25-21/h4,6-7,12-13,15H,1,5,8-11H2,2-3H3,(H,27,30)(H2,24,25,26). The number of amides is 1. The zero-order chi connectivity index (χ0) is 21.5. The molecule has 30 heavy (non-hydrogen) atoms. The van der Waals surface area contributed by atoms with E-state index >= 15 is 0 Å². The molecule has 3 N–H and O–H groups in total. The highest BCUT2D eigenvalue weighted by Gasteiger charge is 2.17. The summed E-state index contributed by atoms with van der Waals surface area (Å²) >= 11 is 0. The van der Waals surface area contributed by atoms with Gasteiger partial charge in [-0.25, -0.2) is 4.98 Å². The zero-order valence-corrected chi connectivity index (χ0v) is 17.4. The Morgan fingerprint density at radius 3 is 2.63 bits per heavy atom. The molecule has 0 radical (unpaired) electrons. The van der Waals surface area contributed by atoms with Gasteiger partial charge in [0.1, 0.15) is 11.9 Å². The van der Waals surface area contributed by atoms with E-state index in [1.54, 1.807) is 13.1 Å². The highest BCUT2D eigenvalue weighted by atomic mass is 16.1. The van der Waals surface area contributed by atoms with E-state index < -0.39 is 0 Å². The number of pyridine rings is 1. The average molecular weight is 406 g/mol. The molecule has 0 atom stereocenters. The number of nitrogens with one attached hydrogen (secondary N) is 3. The summed E-state index contributed by atoms with van der Waals surface area (Å²) in [5.74, 6) is 0.284. The van der Waals surface area contributed by atoms with Crippen molar-refractivity contribution in [1.29, 1.82) is 5.26 Å². The van der Waals surface area contributed by atoms with Crippen LogP contribution in [-0.4, -0.2) is 55.6 Å². The summed E-state index contributed by atoms with van der Waals surface area (Å²) in [6.45, 7) is 10.7. The molecule has 1 aromatic heterocycles. The molecule has 1 amide bonds. The van der Waals surface area contributed by atoms with Crippen molar-refractivity contribution in [3.05, 3.63) is 48.7 Å². The molecule has 8 nitrogen and oxygen atoms in total. The summed E-state index contributed by atoms with van der Waals surface area (Å²) in [7, 11) is 1.75. The highest BCUT2D eigenvalue weighted by molar-refractivity contribution is 6.02. The lowest BCUT2D eigenvalue weighted by molar-refractivity contribution is -0.111. The third kappa shape index (κ3) is 4.88. The molecule has 156 valence electrons. The van der Waals surface area contributed by atoms with E-state index in [-0.39, 0.29) is 5.91 Å². The van der Waals surface area contributed by atoms with Crippen molar-refractivity contribution in [3.8, 4) is 6.07 Å². The van der Waals surface area contributed by atoms with Crippen LogP contribution in [0.15, 0.2) is 43.1 Å². The van der Waals surface area contributed by atoms with Crippen molar-refractivity contribution in [2.45, 2.75) is 6.92 Å². The Bertz CT molecular complexity index is 958. The van der Waals surface area contributed by atoms with Crippen molar-refractivity contribution in [3.63, 3.8) is 0 Å². The van der Waals surface area contributed by atoms with Gasteiger partial charge in [0.2, 0.25) is 5.91 Å². The lowest BCUT2D eigenvalue weighted by atomic mass is 10.2. The smallest absolute Gasteiger partial charge is 0.247 e. The van der Waals surface area contributed by atoms with E-state index in [9.17, 15) is 10.1 Å². The van der Waals surface area contributed by atoms with Gasteiger partial charge in [-0.1, -0.05) is 13.5 Å². The summed E-state index contributed by atoms with van der Waals surface area (Å²) in [5, 5.41) is 18.3. The molecule has 3 rings (SSSR count). The van der Waals surface area contributed by atoms with E-state index in [2.05, 4.69) is 50.3 Å². The van der Waals surface area contributed by atoms with Crippen molar-refractivity contribution >= 4 is 34.5 Å². The molecule has 2 aromatic rings. The number of hydrogen-bond donors (Lipinski definition) is 3. The Morgan fingerprint density at radius 1 is 1.23 bits per heavy atom. The zero-order valence-electron chi connectivity index (χ0n) is 17.4. The third-order valence-corrected chi connectivity index (χ3v) is 5.19. The van der Waals surface area contributed by atoms with Crippen molar-refractivity contribution < 1.29 is 4.79 Å². The molecule has 1 aromatic carbocycles. The minimum Gasteiger partial charge on any atom is -0.387 e. The number of nitriles is 1. The third-order valence-electron chi connectivity index (χ3n) is 5.19. The minimum absolute atomic E-state index is 0.283. The second-order valence-electron chi connectivity index (χ2n) is 6.95. The van der Waals surface area contributed by atoms with Crippen molar-refractivity contribution in [2.24, 2.45) is 0 Å². The first kappa shape index (κ1) is 21.1. The van der Waals surface area contributed by atoms with Crippen LogP contribution < -0.4 is 20.9 Å². The highest BCUT2D eigenvalue weighted by Crippen LogP contribution is 2.31. The second kappa shape index (κ2) is 9.76. The van der Waals surface area contributed by atoms with Crippen LogP contribution in [0.3, 0.4) is 0 Å². The fourth-order valence-corrected chi connectivity index (χ4v) is 3.41. The van der Waals surface area contributed by atoms with Gasteiger partial charge in [0.15, 0.2) is 0 Å². The molecule has 0 aliphatic carbocycles. The maximum atomic E-state index is 12.0. The van der Waals surface area contributed by atoms with Crippen LogP contribution in [0, 0.1) is 11.3 Å². The number of rotatable bonds is 7. The predicted octanol–water partition coefficient (Wildman–Crippen LogP) is 3.00. The summed E-state index contributed by atoms with van der Waals surface area (Å²) in [4.78, 5) is 21.0. The van der Waals surface area contributed by atoms with Gasteiger partial charge in [-0.2, -0.15) is 5.26 Å². The van der Waals surface area contributed by atoms with Gasteiger partial charge < -0.3 is 25.8 Å². The normalized spacial score (nSPS) is 14.0. The molecule has 1 aliphatic rings. The number of anilines is 5. The topological polar surface area (TPSA) is 96.3 Å². The Balaban J connectivity index is 1.87. The van der Waals surface area contributed by atoms with Crippen LogP contribution in [0.2, 0.25) is 0 Å². The van der Waals surface area contributed by atoms with Crippen LogP contribution in [0.1, 0.15) is 12.5 Å². The van der Waals surface area contributed by atoms with E-state index in [4.69, 9.17) is 0 Å². The van der Waals surface area contributed by atoms with Crippen molar-refractivity contribution in [2.75, 3.05) is 60.6 Å². The van der Waals surface area contributed by atoms with Crippen LogP contribution in [0.5, 0.6) is 0 Å². The molecule has 1 fully saturated rings. The lowest BCUT2D eigenvalue weighted by Gasteiger charge is -2.35. The van der Waals surface area contributed by atoms with Gasteiger partial charge in [-0.15, -0.1) is 0 Å². The molecular weight excluding hydrogens is 378 g/mol. The van der Waals surface area contributed by atoms with Gasteiger partial charge in [0.25, 0.3) is 0 Å². The monoisotopic (exact) mass is 405 g/mol. The average Bonchev–Trinajstić information content (AvgIpc) is 2.80. The minimum atomic E-state index is -0.283. The first-order valence-corrected chi connectivity index (χ1v) is 9.97. The van der Waals surface area contributed by atoms with Crippen LogP contribution >= 0.6 is 0 Å². The fourth-order valence-electron chi connectivity index (χ4n) is 3.41. The first-order chi connectivity index (χ1) is 14.6. The number of carbonyl (C=O) groups excluding carboxylic acids is 1. The van der Waals surface area contributed by atoms with Gasteiger partial charge in [0.05, 0.1) is 22.6 Å². The summed E-state index contributed by atoms with van der Waals surface area (Å²) in [6, 6.07) is 9.80. The van der Waals surface area contributed by atoms with Gasteiger partial charge in [0, 0.05) is 51.2 Å². The van der Waals surface area contributed by atoms with Gasteiger partial charge in [-0.3, -0.25) is 4.79 Å². The number of aromatic nitrogens is 1. The molecule has 0 bridgehead atoms. The SMILES string of the molecule is C=CC(=O)Nc1cc(N2CCN(CC)CC2)ccc1Nc1cc(NC)c(C#N)cn1. The quantitative estimate of drug-likeness (QED) is 0.609.